The minimum atomic E-state index is -1.51. The quantitative estimate of drug-likeness (QED) is 0.293. The van der Waals surface area contributed by atoms with Crippen molar-refractivity contribution in [2.75, 3.05) is 7.11 Å². The van der Waals surface area contributed by atoms with E-state index in [1.54, 1.807) is 23.6 Å². The summed E-state index contributed by atoms with van der Waals surface area (Å²) >= 11 is 1.58. The van der Waals surface area contributed by atoms with Crippen LogP contribution in [0.5, 0.6) is 5.75 Å². The number of carbonyl (C=O) groups excluding carboxylic acids is 2. The summed E-state index contributed by atoms with van der Waals surface area (Å²) in [6, 6.07) is 26.5. The average molecular weight is 495 g/mol. The van der Waals surface area contributed by atoms with E-state index in [9.17, 15) is 14.9 Å². The number of nitriles is 1. The molecule has 0 fully saturated rings. The summed E-state index contributed by atoms with van der Waals surface area (Å²) in [5.41, 5.74) is 4.14. The zero-order chi connectivity index (χ0) is 25.1. The van der Waals surface area contributed by atoms with E-state index < -0.39 is 17.6 Å². The van der Waals surface area contributed by atoms with Crippen molar-refractivity contribution in [3.05, 3.63) is 95.7 Å². The second kappa shape index (κ2) is 10.1. The van der Waals surface area contributed by atoms with Gasteiger partial charge in [0.1, 0.15) is 11.4 Å². The number of benzene rings is 3. The number of thioether (sulfide) groups is 1. The number of hydrogen-bond donors (Lipinski definition) is 1. The van der Waals surface area contributed by atoms with Gasteiger partial charge < -0.3 is 10.1 Å². The van der Waals surface area contributed by atoms with Crippen molar-refractivity contribution in [1.82, 2.24) is 15.1 Å². The molecule has 0 aliphatic carbocycles. The minimum absolute atomic E-state index is 0.135. The van der Waals surface area contributed by atoms with Gasteiger partial charge in [-0.3, -0.25) is 9.59 Å². The molecule has 1 unspecified atom stereocenters. The molecule has 1 aromatic heterocycles. The Kier molecular flexibility index (Phi) is 6.56. The maximum atomic E-state index is 13.6. The molecule has 5 rings (SSSR count). The second-order valence-electron chi connectivity index (χ2n) is 8.20. The Morgan fingerprint density at radius 1 is 1.11 bits per heavy atom. The third kappa shape index (κ3) is 4.37. The number of Topliss-reactive ketones (excluding diaryl/α,β-unsaturated/α-hetero) is 1. The van der Waals surface area contributed by atoms with Crippen LogP contribution in [0.1, 0.15) is 21.6 Å². The van der Waals surface area contributed by atoms with Crippen LogP contribution >= 0.6 is 11.8 Å². The first-order valence-electron chi connectivity index (χ1n) is 11.3. The molecule has 0 radical (unpaired) electrons. The molecule has 1 N–H and O–H groups in total. The van der Waals surface area contributed by atoms with Gasteiger partial charge in [0.25, 0.3) is 0 Å². The highest BCUT2D eigenvalue weighted by atomic mass is 32.2. The van der Waals surface area contributed by atoms with Crippen molar-refractivity contribution in [2.24, 2.45) is 5.92 Å². The smallest absolute Gasteiger partial charge is 0.245 e. The molecule has 2 heterocycles. The molecule has 1 aliphatic heterocycles. The lowest BCUT2D eigenvalue weighted by atomic mass is 9.97. The summed E-state index contributed by atoms with van der Waals surface area (Å²) in [5, 5.41) is 17.2. The fourth-order valence-electron chi connectivity index (χ4n) is 4.17. The van der Waals surface area contributed by atoms with Gasteiger partial charge in [-0.1, -0.05) is 48.5 Å². The van der Waals surface area contributed by atoms with Gasteiger partial charge in [0.15, 0.2) is 5.92 Å². The van der Waals surface area contributed by atoms with Crippen molar-refractivity contribution in [3.63, 3.8) is 0 Å². The van der Waals surface area contributed by atoms with Gasteiger partial charge in [-0.2, -0.15) is 10.4 Å². The molecule has 178 valence electrons. The van der Waals surface area contributed by atoms with Gasteiger partial charge in [-0.25, -0.2) is 4.68 Å². The van der Waals surface area contributed by atoms with Crippen molar-refractivity contribution in [2.45, 2.75) is 17.2 Å². The number of aromatic nitrogens is 2. The van der Waals surface area contributed by atoms with Crippen LogP contribution in [0.4, 0.5) is 0 Å². The number of carbonyl (C=O) groups is 2. The van der Waals surface area contributed by atoms with E-state index in [2.05, 4.69) is 10.4 Å². The Balaban J connectivity index is 1.55. The molecule has 0 saturated heterocycles. The molecule has 8 heteroatoms. The number of nitrogens with one attached hydrogen (secondary N) is 1. The van der Waals surface area contributed by atoms with E-state index in [4.69, 9.17) is 4.74 Å². The molecule has 36 heavy (non-hydrogen) atoms. The fraction of sp³-hybridized carbons (Fsp3) is 0.143. The van der Waals surface area contributed by atoms with E-state index in [-0.39, 0.29) is 12.2 Å². The minimum Gasteiger partial charge on any atom is -0.497 e. The Labute approximate surface area is 212 Å². The third-order valence-electron chi connectivity index (χ3n) is 5.99. The number of rotatable bonds is 7. The lowest BCUT2D eigenvalue weighted by Gasteiger charge is -2.19. The van der Waals surface area contributed by atoms with Crippen LogP contribution in [0.25, 0.3) is 16.9 Å². The average Bonchev–Trinajstić information content (AvgIpc) is 3.33. The second-order valence-corrected chi connectivity index (χ2v) is 9.22. The summed E-state index contributed by atoms with van der Waals surface area (Å²) in [4.78, 5) is 27.5. The molecule has 7 nitrogen and oxygen atoms in total. The third-order valence-corrected chi connectivity index (χ3v) is 7.09. The SMILES string of the molecule is COc1ccc2c(c1)-c1c(c(C(=O)C(C#N)C(=O)NCc3ccccc3)nn1-c1ccccc1)CS2. The first kappa shape index (κ1) is 23.4. The van der Waals surface area contributed by atoms with Crippen LogP contribution in [0.3, 0.4) is 0 Å². The highest BCUT2D eigenvalue weighted by Crippen LogP contribution is 2.45. The van der Waals surface area contributed by atoms with Gasteiger partial charge in [0.2, 0.25) is 11.7 Å². The Bertz CT molecular complexity index is 1480. The van der Waals surface area contributed by atoms with Crippen LogP contribution in [0, 0.1) is 17.2 Å². The number of amides is 1. The summed E-state index contributed by atoms with van der Waals surface area (Å²) in [6.07, 6.45) is 0. The Morgan fingerprint density at radius 3 is 2.53 bits per heavy atom. The van der Waals surface area contributed by atoms with Crippen LogP contribution in [0.15, 0.2) is 83.8 Å². The topological polar surface area (TPSA) is 97.0 Å². The first-order valence-corrected chi connectivity index (χ1v) is 12.3. The zero-order valence-corrected chi connectivity index (χ0v) is 20.3. The van der Waals surface area contributed by atoms with Crippen LogP contribution in [0.2, 0.25) is 0 Å². The van der Waals surface area contributed by atoms with Crippen molar-refractivity contribution in [3.8, 4) is 28.8 Å². The van der Waals surface area contributed by atoms with Crippen molar-refractivity contribution < 1.29 is 14.3 Å². The molecular weight excluding hydrogens is 472 g/mol. The molecule has 4 aromatic rings. The predicted molar refractivity (Wildman–Crippen MR) is 137 cm³/mol. The number of ether oxygens (including phenoxy) is 1. The van der Waals surface area contributed by atoms with E-state index in [1.807, 2.05) is 84.9 Å². The van der Waals surface area contributed by atoms with Gasteiger partial charge in [-0.05, 0) is 35.9 Å². The standard InChI is InChI=1S/C28H22N4O3S/c1-35-20-12-13-24-21(14-20)26-23(17-36-24)25(31-32(26)19-10-6-3-7-11-19)27(33)22(15-29)28(34)30-16-18-8-4-2-5-9-18/h2-14,22H,16-17H2,1H3,(H,30,34). The highest BCUT2D eigenvalue weighted by Gasteiger charge is 2.35. The van der Waals surface area contributed by atoms with E-state index in [0.29, 0.717) is 17.1 Å². The monoisotopic (exact) mass is 494 g/mol. The fourth-order valence-corrected chi connectivity index (χ4v) is 5.22. The number of para-hydroxylation sites is 1. The molecule has 0 bridgehead atoms. The summed E-state index contributed by atoms with van der Waals surface area (Å²) in [7, 11) is 1.60. The predicted octanol–water partition coefficient (Wildman–Crippen LogP) is 4.79. The molecule has 0 spiro atoms. The largest absolute Gasteiger partial charge is 0.497 e. The Morgan fingerprint density at radius 2 is 1.83 bits per heavy atom. The summed E-state index contributed by atoms with van der Waals surface area (Å²) < 4.78 is 7.16. The van der Waals surface area contributed by atoms with E-state index in [1.165, 1.54) is 0 Å². The van der Waals surface area contributed by atoms with Crippen LogP contribution in [-0.2, 0) is 17.1 Å². The first-order chi connectivity index (χ1) is 17.6. The number of nitrogens with zero attached hydrogens (tertiary/aromatic N) is 3. The number of ketones is 1. The number of hydrogen-bond acceptors (Lipinski definition) is 6. The van der Waals surface area contributed by atoms with E-state index >= 15 is 0 Å². The lowest BCUT2D eigenvalue weighted by Crippen LogP contribution is -2.34. The molecule has 1 amide bonds. The maximum absolute atomic E-state index is 13.6. The van der Waals surface area contributed by atoms with Gasteiger partial charge in [-0.15, -0.1) is 11.8 Å². The molecular formula is C28H22N4O3S. The molecule has 3 aromatic carbocycles. The van der Waals surface area contributed by atoms with Gasteiger partial charge in [0, 0.05) is 28.3 Å². The normalized spacial score (nSPS) is 12.6. The van der Waals surface area contributed by atoms with Crippen LogP contribution in [-0.4, -0.2) is 28.6 Å². The molecule has 0 saturated carbocycles. The van der Waals surface area contributed by atoms with Gasteiger partial charge >= 0.3 is 0 Å². The number of fused-ring (bicyclic) bond motifs is 3. The maximum Gasteiger partial charge on any atom is 0.245 e. The molecule has 1 aliphatic rings. The van der Waals surface area contributed by atoms with Gasteiger partial charge in [0.05, 0.1) is 24.6 Å². The highest BCUT2D eigenvalue weighted by molar-refractivity contribution is 7.98. The van der Waals surface area contributed by atoms with Crippen LogP contribution < -0.4 is 10.1 Å². The summed E-state index contributed by atoms with van der Waals surface area (Å²) in [5.74, 6) is -1.58. The Hall–Kier alpha value is -4.35. The zero-order valence-electron chi connectivity index (χ0n) is 19.5. The van der Waals surface area contributed by atoms with Crippen molar-refractivity contribution >= 4 is 23.5 Å². The van der Waals surface area contributed by atoms with Crippen molar-refractivity contribution in [1.29, 1.82) is 5.26 Å². The molecule has 1 atom stereocenters. The number of methoxy groups -OCH3 is 1. The lowest BCUT2D eigenvalue weighted by molar-refractivity contribution is -0.122. The van der Waals surface area contributed by atoms with E-state index in [0.717, 1.165) is 27.4 Å². The summed E-state index contributed by atoms with van der Waals surface area (Å²) in [6.45, 7) is 0.227.